The van der Waals surface area contributed by atoms with Crippen LogP contribution in [-0.4, -0.2) is 12.7 Å². The van der Waals surface area contributed by atoms with Gasteiger partial charge in [-0.15, -0.1) is 11.8 Å². The van der Waals surface area contributed by atoms with E-state index in [1.165, 1.54) is 33.3 Å². The molecule has 0 amide bonds. The monoisotopic (exact) mass is 489 g/mol. The number of aryl methyl sites for hydroxylation is 1. The van der Waals surface area contributed by atoms with Crippen molar-refractivity contribution >= 4 is 33.9 Å². The van der Waals surface area contributed by atoms with E-state index in [0.29, 0.717) is 6.04 Å². The van der Waals surface area contributed by atoms with E-state index in [2.05, 4.69) is 121 Å². The number of rotatable bonds is 4. The first-order valence-corrected chi connectivity index (χ1v) is 13.2. The van der Waals surface area contributed by atoms with Crippen molar-refractivity contribution in [3.8, 4) is 0 Å². The van der Waals surface area contributed by atoms with E-state index in [9.17, 15) is 0 Å². The molecule has 0 saturated heterocycles. The normalized spacial score (nSPS) is 16.2. The van der Waals surface area contributed by atoms with Gasteiger partial charge in [-0.2, -0.15) is 0 Å². The van der Waals surface area contributed by atoms with E-state index >= 15 is 0 Å². The minimum absolute atomic E-state index is 0.349. The Labute approximate surface area is 217 Å². The minimum atomic E-state index is 0.349. The van der Waals surface area contributed by atoms with Crippen LogP contribution in [0.1, 0.15) is 16.7 Å². The fourth-order valence-corrected chi connectivity index (χ4v) is 5.43. The third kappa shape index (κ3) is 5.56. The number of nitrogens with two attached hydrogens (primary N) is 1. The van der Waals surface area contributed by atoms with Crippen molar-refractivity contribution in [2.45, 2.75) is 23.6 Å². The van der Waals surface area contributed by atoms with Crippen LogP contribution in [0, 0.1) is 6.92 Å². The van der Waals surface area contributed by atoms with Crippen LogP contribution in [0.2, 0.25) is 0 Å². The summed E-state index contributed by atoms with van der Waals surface area (Å²) in [5, 5.41) is 9.19. The molecular weight excluding hydrogens is 458 g/mol. The molecule has 180 valence electrons. The number of hydrogen-bond donors (Lipinski definition) is 3. The van der Waals surface area contributed by atoms with Gasteiger partial charge in [0.25, 0.3) is 0 Å². The Hall–Kier alpha value is -3.73. The number of fused-ring (bicyclic) bond motifs is 2. The molecule has 0 bridgehead atoms. The molecule has 0 saturated carbocycles. The molecule has 1 aliphatic heterocycles. The molecule has 6 rings (SSSR count). The van der Waals surface area contributed by atoms with Crippen molar-refractivity contribution in [3.63, 3.8) is 0 Å². The van der Waals surface area contributed by atoms with Crippen molar-refractivity contribution in [2.24, 2.45) is 0 Å². The maximum atomic E-state index is 6.33. The SMILES string of the molecule is C1=CC2=C(c3ccccc3)NCNC2C=C1.Cc1ccc2ccc(SCc3ccccc3)c(N)c2c1. The average Bonchev–Trinajstić information content (AvgIpc) is 2.94. The molecule has 0 fully saturated rings. The highest BCUT2D eigenvalue weighted by atomic mass is 32.2. The van der Waals surface area contributed by atoms with Crippen molar-refractivity contribution in [1.29, 1.82) is 0 Å². The Kier molecular flexibility index (Phi) is 7.55. The average molecular weight is 490 g/mol. The summed E-state index contributed by atoms with van der Waals surface area (Å²) in [6, 6.07) is 32.0. The Morgan fingerprint density at radius 2 is 1.64 bits per heavy atom. The summed E-state index contributed by atoms with van der Waals surface area (Å²) >= 11 is 1.80. The number of anilines is 1. The van der Waals surface area contributed by atoms with Gasteiger partial charge in [-0.1, -0.05) is 109 Å². The van der Waals surface area contributed by atoms with Gasteiger partial charge in [-0.3, -0.25) is 5.32 Å². The molecule has 0 spiro atoms. The van der Waals surface area contributed by atoms with Gasteiger partial charge in [-0.05, 0) is 41.1 Å². The quantitative estimate of drug-likeness (QED) is 0.212. The third-order valence-corrected chi connectivity index (χ3v) is 7.52. The molecule has 4 heteroatoms. The Balaban J connectivity index is 0.000000152. The molecule has 4 aromatic rings. The molecule has 1 unspecified atom stereocenters. The Morgan fingerprint density at radius 1 is 0.889 bits per heavy atom. The lowest BCUT2D eigenvalue weighted by Gasteiger charge is -2.29. The molecule has 36 heavy (non-hydrogen) atoms. The van der Waals surface area contributed by atoms with Gasteiger partial charge in [0, 0.05) is 21.7 Å². The Morgan fingerprint density at radius 3 is 2.44 bits per heavy atom. The summed E-state index contributed by atoms with van der Waals surface area (Å²) in [5.41, 5.74) is 13.6. The van der Waals surface area contributed by atoms with Gasteiger partial charge in [-0.25, -0.2) is 0 Å². The summed E-state index contributed by atoms with van der Waals surface area (Å²) < 4.78 is 0. The van der Waals surface area contributed by atoms with E-state index in [1.807, 2.05) is 12.1 Å². The zero-order valence-corrected chi connectivity index (χ0v) is 21.3. The van der Waals surface area contributed by atoms with Crippen LogP contribution in [0.25, 0.3) is 16.5 Å². The van der Waals surface area contributed by atoms with Crippen LogP contribution in [0.4, 0.5) is 5.69 Å². The van der Waals surface area contributed by atoms with Crippen molar-refractivity contribution in [3.05, 3.63) is 138 Å². The highest BCUT2D eigenvalue weighted by Crippen LogP contribution is 2.34. The molecule has 1 atom stereocenters. The predicted octanol–water partition coefficient (Wildman–Crippen LogP) is 7.07. The summed E-state index contributed by atoms with van der Waals surface area (Å²) in [6.07, 6.45) is 8.55. The maximum absolute atomic E-state index is 6.33. The van der Waals surface area contributed by atoms with Crippen molar-refractivity contribution in [1.82, 2.24) is 10.6 Å². The number of benzene rings is 4. The lowest BCUT2D eigenvalue weighted by Crippen LogP contribution is -2.42. The lowest BCUT2D eigenvalue weighted by atomic mass is 9.95. The van der Waals surface area contributed by atoms with Gasteiger partial charge in [0.05, 0.1) is 18.4 Å². The first-order valence-electron chi connectivity index (χ1n) is 12.3. The third-order valence-electron chi connectivity index (χ3n) is 6.38. The Bertz CT molecular complexity index is 1420. The smallest absolute Gasteiger partial charge is 0.0660 e. The number of allylic oxidation sites excluding steroid dienone is 2. The number of nitrogens with one attached hydrogen (secondary N) is 2. The molecule has 3 nitrogen and oxygen atoms in total. The van der Waals surface area contributed by atoms with Crippen molar-refractivity contribution < 1.29 is 0 Å². The van der Waals surface area contributed by atoms with Gasteiger partial charge < -0.3 is 11.1 Å². The van der Waals surface area contributed by atoms with Crippen LogP contribution in [-0.2, 0) is 5.75 Å². The summed E-state index contributed by atoms with van der Waals surface area (Å²) in [4.78, 5) is 1.16. The van der Waals surface area contributed by atoms with Gasteiger partial charge >= 0.3 is 0 Å². The lowest BCUT2D eigenvalue weighted by molar-refractivity contribution is 0.600. The second-order valence-electron chi connectivity index (χ2n) is 8.95. The topological polar surface area (TPSA) is 50.1 Å². The standard InChI is InChI=1S/C18H17NS.C14H14N2/c1-13-7-8-15-9-10-17(18(19)16(15)11-13)20-12-14-5-3-2-4-6-14;1-2-6-11(7-3-1)14-12-8-4-5-9-13(12)15-10-16-14/h2-11H,12,19H2,1H3;1-9,13,15-16H,10H2. The first-order chi connectivity index (χ1) is 17.7. The molecular formula is C32H31N3S. The summed E-state index contributed by atoms with van der Waals surface area (Å²) in [7, 11) is 0. The number of nitrogen functional groups attached to an aromatic ring is 1. The molecule has 0 radical (unpaired) electrons. The van der Waals surface area contributed by atoms with Crippen LogP contribution >= 0.6 is 11.8 Å². The van der Waals surface area contributed by atoms with E-state index in [4.69, 9.17) is 5.73 Å². The highest BCUT2D eigenvalue weighted by molar-refractivity contribution is 7.98. The second kappa shape index (κ2) is 11.3. The molecule has 4 N–H and O–H groups in total. The maximum Gasteiger partial charge on any atom is 0.0660 e. The summed E-state index contributed by atoms with van der Waals surface area (Å²) in [5.74, 6) is 0.947. The van der Waals surface area contributed by atoms with Crippen LogP contribution in [0.15, 0.2) is 126 Å². The molecule has 4 aromatic carbocycles. The first kappa shape index (κ1) is 24.0. The second-order valence-corrected chi connectivity index (χ2v) is 9.97. The fraction of sp³-hybridized carbons (Fsp3) is 0.125. The zero-order chi connectivity index (χ0) is 24.7. The van der Waals surface area contributed by atoms with Crippen LogP contribution in [0.3, 0.4) is 0 Å². The van der Waals surface area contributed by atoms with Gasteiger partial charge in [0.2, 0.25) is 0 Å². The molecule has 1 aliphatic carbocycles. The molecule has 0 aromatic heterocycles. The minimum Gasteiger partial charge on any atom is -0.397 e. The number of thioether (sulfide) groups is 1. The van der Waals surface area contributed by atoms with Gasteiger partial charge in [0.15, 0.2) is 0 Å². The largest absolute Gasteiger partial charge is 0.397 e. The highest BCUT2D eigenvalue weighted by Gasteiger charge is 2.20. The van der Waals surface area contributed by atoms with Crippen LogP contribution in [0.5, 0.6) is 0 Å². The zero-order valence-electron chi connectivity index (χ0n) is 20.4. The molecule has 2 aliphatic rings. The number of hydrogen-bond acceptors (Lipinski definition) is 4. The summed E-state index contributed by atoms with van der Waals surface area (Å²) in [6.45, 7) is 2.92. The van der Waals surface area contributed by atoms with E-state index in [1.54, 1.807) is 11.8 Å². The fourth-order valence-electron chi connectivity index (χ4n) is 4.48. The van der Waals surface area contributed by atoms with E-state index in [-0.39, 0.29) is 0 Å². The van der Waals surface area contributed by atoms with E-state index < -0.39 is 0 Å². The van der Waals surface area contributed by atoms with Gasteiger partial charge in [0.1, 0.15) is 0 Å². The predicted molar refractivity (Wildman–Crippen MR) is 156 cm³/mol. The van der Waals surface area contributed by atoms with Crippen LogP contribution < -0.4 is 16.4 Å². The van der Waals surface area contributed by atoms with E-state index in [0.717, 1.165) is 28.4 Å². The van der Waals surface area contributed by atoms with Crippen molar-refractivity contribution in [2.75, 3.05) is 12.4 Å². The molecule has 1 heterocycles.